The minimum atomic E-state index is -4.00. The second kappa shape index (κ2) is 5.96. The Morgan fingerprint density at radius 2 is 1.77 bits per heavy atom. The van der Waals surface area contributed by atoms with Crippen LogP contribution >= 0.6 is 34.8 Å². The van der Waals surface area contributed by atoms with Gasteiger partial charge in [0.05, 0.1) is 15.6 Å². The molecule has 2 rings (SSSR count). The zero-order chi connectivity index (χ0) is 16.7. The van der Waals surface area contributed by atoms with Crippen LogP contribution in [0, 0.1) is 0 Å². The van der Waals surface area contributed by atoms with Crippen LogP contribution in [0.15, 0.2) is 50.2 Å². The Morgan fingerprint density at radius 3 is 2.32 bits per heavy atom. The third-order valence-corrected chi connectivity index (χ3v) is 6.24. The summed E-state index contributed by atoms with van der Waals surface area (Å²) >= 11 is 18.4. The third-order valence-electron chi connectivity index (χ3n) is 3.31. The van der Waals surface area contributed by atoms with Crippen molar-refractivity contribution >= 4 is 56.3 Å². The van der Waals surface area contributed by atoms with Gasteiger partial charge < -0.3 is 0 Å². The largest absolute Gasteiger partial charge is 0.292 e. The fraction of sp³-hybridized carbons (Fsp3) is 0.286. The summed E-state index contributed by atoms with van der Waals surface area (Å²) < 4.78 is 28.4. The van der Waals surface area contributed by atoms with Crippen molar-refractivity contribution < 1.29 is 13.2 Å². The van der Waals surface area contributed by atoms with Gasteiger partial charge in [-0.15, -0.1) is 23.2 Å². The van der Waals surface area contributed by atoms with E-state index in [1.807, 2.05) is 0 Å². The van der Waals surface area contributed by atoms with Crippen molar-refractivity contribution in [3.05, 3.63) is 40.9 Å². The number of nitrogens with zero attached hydrogens (tertiary/aromatic N) is 1. The van der Waals surface area contributed by atoms with Crippen molar-refractivity contribution in [3.63, 3.8) is 0 Å². The van der Waals surface area contributed by atoms with E-state index in [2.05, 4.69) is 4.40 Å². The third kappa shape index (κ3) is 2.95. The SMILES string of the molecule is CC1=C(Cl)/C(=N/S(=O)(=O)c2ccccc2)C(Cl)C(C)(Cl)C1=O. The summed E-state index contributed by atoms with van der Waals surface area (Å²) in [6.45, 7) is 2.87. The number of Topliss-reactive ketones (excluding diaryl/α,β-unsaturated/α-hetero) is 1. The maximum absolute atomic E-state index is 12.3. The molecule has 0 saturated carbocycles. The molecule has 1 aliphatic rings. The first kappa shape index (κ1) is 17.5. The molecule has 8 heteroatoms. The molecular formula is C14H12Cl3NO3S. The highest BCUT2D eigenvalue weighted by atomic mass is 35.5. The van der Waals surface area contributed by atoms with Gasteiger partial charge in [0.25, 0.3) is 10.0 Å². The van der Waals surface area contributed by atoms with Gasteiger partial charge in [-0.1, -0.05) is 29.8 Å². The quantitative estimate of drug-likeness (QED) is 0.737. The zero-order valence-electron chi connectivity index (χ0n) is 11.7. The van der Waals surface area contributed by atoms with Crippen LogP contribution in [0.2, 0.25) is 0 Å². The molecule has 2 atom stereocenters. The summed E-state index contributed by atoms with van der Waals surface area (Å²) in [7, 11) is -4.00. The number of rotatable bonds is 2. The first-order valence-corrected chi connectivity index (χ1v) is 8.86. The zero-order valence-corrected chi connectivity index (χ0v) is 14.8. The van der Waals surface area contributed by atoms with Crippen LogP contribution < -0.4 is 0 Å². The molecule has 0 saturated heterocycles. The number of halogens is 3. The number of allylic oxidation sites excluding steroid dienone is 2. The molecule has 1 aliphatic carbocycles. The van der Waals surface area contributed by atoms with E-state index in [-0.39, 0.29) is 21.2 Å². The number of ketones is 1. The number of alkyl halides is 2. The van der Waals surface area contributed by atoms with E-state index >= 15 is 0 Å². The van der Waals surface area contributed by atoms with Crippen molar-refractivity contribution in [2.45, 2.75) is 29.0 Å². The molecule has 0 N–H and O–H groups in total. The molecule has 0 amide bonds. The van der Waals surface area contributed by atoms with E-state index in [0.717, 1.165) is 0 Å². The van der Waals surface area contributed by atoms with Gasteiger partial charge in [-0.3, -0.25) is 4.79 Å². The van der Waals surface area contributed by atoms with Crippen molar-refractivity contribution in [3.8, 4) is 0 Å². The fourth-order valence-electron chi connectivity index (χ4n) is 2.00. The summed E-state index contributed by atoms with van der Waals surface area (Å²) in [4.78, 5) is 10.6. The Morgan fingerprint density at radius 1 is 1.23 bits per heavy atom. The van der Waals surface area contributed by atoms with Crippen LogP contribution in [-0.2, 0) is 14.8 Å². The minimum absolute atomic E-state index is 0.00154. The highest BCUT2D eigenvalue weighted by molar-refractivity contribution is 7.90. The number of sulfonamides is 1. The van der Waals surface area contributed by atoms with E-state index in [1.165, 1.54) is 26.0 Å². The summed E-state index contributed by atoms with van der Waals surface area (Å²) in [6, 6.07) is 7.64. The second-order valence-corrected chi connectivity index (χ2v) is 8.17. The van der Waals surface area contributed by atoms with Crippen molar-refractivity contribution in [2.24, 2.45) is 4.40 Å². The normalized spacial score (nSPS) is 28.3. The highest BCUT2D eigenvalue weighted by Crippen LogP contribution is 2.38. The first-order valence-electron chi connectivity index (χ1n) is 6.23. The summed E-state index contributed by atoms with van der Waals surface area (Å²) in [5, 5.41) is -1.24. The molecule has 0 aromatic heterocycles. The van der Waals surface area contributed by atoms with Gasteiger partial charge >= 0.3 is 0 Å². The highest BCUT2D eigenvalue weighted by Gasteiger charge is 2.48. The van der Waals surface area contributed by atoms with Gasteiger partial charge in [0, 0.05) is 5.57 Å². The molecular weight excluding hydrogens is 369 g/mol. The Hall–Kier alpha value is -0.880. The number of carbonyl (C=O) groups excluding carboxylic acids is 1. The number of benzene rings is 1. The van der Waals surface area contributed by atoms with Crippen LogP contribution in [-0.4, -0.2) is 30.2 Å². The molecule has 0 heterocycles. The number of hydrogen-bond acceptors (Lipinski definition) is 3. The molecule has 0 radical (unpaired) electrons. The topological polar surface area (TPSA) is 63.6 Å². The Labute approximate surface area is 143 Å². The maximum Gasteiger partial charge on any atom is 0.282 e. The van der Waals surface area contributed by atoms with Crippen molar-refractivity contribution in [1.82, 2.24) is 0 Å². The smallest absolute Gasteiger partial charge is 0.282 e. The lowest BCUT2D eigenvalue weighted by molar-refractivity contribution is -0.117. The minimum Gasteiger partial charge on any atom is -0.292 e. The fourth-order valence-corrected chi connectivity index (χ4v) is 3.97. The predicted molar refractivity (Wildman–Crippen MR) is 88.5 cm³/mol. The number of hydrogen-bond donors (Lipinski definition) is 0. The number of carbonyl (C=O) groups is 1. The average Bonchev–Trinajstić information content (AvgIpc) is 2.49. The van der Waals surface area contributed by atoms with Crippen LogP contribution in [0.4, 0.5) is 0 Å². The molecule has 4 nitrogen and oxygen atoms in total. The monoisotopic (exact) mass is 379 g/mol. The van der Waals surface area contributed by atoms with Gasteiger partial charge in [-0.2, -0.15) is 12.8 Å². The lowest BCUT2D eigenvalue weighted by atomic mass is 9.87. The van der Waals surface area contributed by atoms with Gasteiger partial charge in [0.2, 0.25) is 0 Å². The van der Waals surface area contributed by atoms with Crippen LogP contribution in [0.1, 0.15) is 13.8 Å². The van der Waals surface area contributed by atoms with Gasteiger partial charge in [-0.05, 0) is 26.0 Å². The Balaban J connectivity index is 2.63. The molecule has 2 unspecified atom stereocenters. The van der Waals surface area contributed by atoms with Gasteiger partial charge in [-0.25, -0.2) is 0 Å². The lowest BCUT2D eigenvalue weighted by Crippen LogP contribution is -2.48. The van der Waals surface area contributed by atoms with Gasteiger partial charge in [0.15, 0.2) is 5.78 Å². The predicted octanol–water partition coefficient (Wildman–Crippen LogP) is 3.52. The summed E-state index contributed by atoms with van der Waals surface area (Å²) in [6.07, 6.45) is 0. The standard InChI is InChI=1S/C14H12Cl3NO3S/c1-8-10(15)11(12(16)14(2,17)13(8)19)18-22(20,21)9-6-4-3-5-7-9/h3-7,12H,1-2H3/b18-11-. The molecule has 0 spiro atoms. The molecule has 22 heavy (non-hydrogen) atoms. The molecule has 118 valence electrons. The molecule has 0 fully saturated rings. The van der Waals surface area contributed by atoms with Gasteiger partial charge in [0.1, 0.15) is 10.3 Å². The van der Waals surface area contributed by atoms with E-state index < -0.39 is 26.1 Å². The van der Waals surface area contributed by atoms with E-state index in [0.29, 0.717) is 0 Å². The molecule has 0 bridgehead atoms. The lowest BCUT2D eigenvalue weighted by Gasteiger charge is -2.32. The molecule has 1 aromatic rings. The van der Waals surface area contributed by atoms with E-state index in [9.17, 15) is 13.2 Å². The molecule has 1 aromatic carbocycles. The average molecular weight is 381 g/mol. The maximum atomic E-state index is 12.3. The van der Waals surface area contributed by atoms with E-state index in [1.54, 1.807) is 18.2 Å². The van der Waals surface area contributed by atoms with Crippen LogP contribution in [0.25, 0.3) is 0 Å². The van der Waals surface area contributed by atoms with Crippen LogP contribution in [0.3, 0.4) is 0 Å². The second-order valence-electron chi connectivity index (χ2n) is 4.97. The molecule has 0 aliphatic heterocycles. The Kier molecular flexibility index (Phi) is 4.74. The first-order chi connectivity index (χ1) is 10.1. The summed E-state index contributed by atoms with van der Waals surface area (Å²) in [5.74, 6) is -0.449. The Bertz CT molecular complexity index is 783. The van der Waals surface area contributed by atoms with Crippen LogP contribution in [0.5, 0.6) is 0 Å². The summed E-state index contributed by atoms with van der Waals surface area (Å²) in [5.41, 5.74) is 0.0138. The van der Waals surface area contributed by atoms with Crippen molar-refractivity contribution in [2.75, 3.05) is 0 Å². The van der Waals surface area contributed by atoms with E-state index in [4.69, 9.17) is 34.8 Å². The van der Waals surface area contributed by atoms with Crippen molar-refractivity contribution in [1.29, 1.82) is 0 Å².